The van der Waals surface area contributed by atoms with Crippen molar-refractivity contribution in [3.63, 3.8) is 0 Å². The molecule has 0 amide bonds. The fourth-order valence-corrected chi connectivity index (χ4v) is 2.20. The smallest absolute Gasteiger partial charge is 0.125 e. The van der Waals surface area contributed by atoms with E-state index in [2.05, 4.69) is 0 Å². The van der Waals surface area contributed by atoms with Gasteiger partial charge in [-0.3, -0.25) is 0 Å². The Balaban J connectivity index is 3.38. The number of hydrogen-bond acceptors (Lipinski definition) is 3. The largest absolute Gasteiger partial charge is 0.496 e. The van der Waals surface area contributed by atoms with Gasteiger partial charge in [0.15, 0.2) is 0 Å². The van der Waals surface area contributed by atoms with E-state index in [1.807, 2.05) is 13.8 Å². The molecule has 0 bridgehead atoms. The van der Waals surface area contributed by atoms with Crippen molar-refractivity contribution in [3.8, 4) is 5.75 Å². The number of benzene rings is 1. The molecule has 0 saturated heterocycles. The first-order valence-electron chi connectivity index (χ1n) is 4.74. The predicted octanol–water partition coefficient (Wildman–Crippen LogP) is 1.96. The second kappa shape index (κ2) is 4.84. The zero-order valence-corrected chi connectivity index (χ0v) is 9.93. The minimum absolute atomic E-state index is 0.146. The Morgan fingerprint density at radius 1 is 1.53 bits per heavy atom. The molecule has 0 aliphatic heterocycles. The van der Waals surface area contributed by atoms with Gasteiger partial charge in [-0.25, -0.2) is 0 Å². The molecule has 1 unspecified atom stereocenters. The molecule has 0 aliphatic carbocycles. The maximum absolute atomic E-state index is 9.74. The molecule has 84 valence electrons. The summed E-state index contributed by atoms with van der Waals surface area (Å²) in [6, 6.07) is 1.78. The molecule has 0 aliphatic rings. The van der Waals surface area contributed by atoms with E-state index in [4.69, 9.17) is 22.1 Å². The van der Waals surface area contributed by atoms with E-state index in [0.29, 0.717) is 10.6 Å². The van der Waals surface area contributed by atoms with Gasteiger partial charge in [0.1, 0.15) is 5.75 Å². The third kappa shape index (κ3) is 2.25. The van der Waals surface area contributed by atoms with E-state index in [-0.39, 0.29) is 6.54 Å². The molecule has 1 aromatic carbocycles. The van der Waals surface area contributed by atoms with Crippen LogP contribution in [-0.2, 0) is 0 Å². The van der Waals surface area contributed by atoms with Gasteiger partial charge in [-0.15, -0.1) is 0 Å². The summed E-state index contributed by atoms with van der Waals surface area (Å²) in [4.78, 5) is 0. The average Bonchev–Trinajstić information content (AvgIpc) is 2.17. The van der Waals surface area contributed by atoms with Crippen molar-refractivity contribution in [3.05, 3.63) is 27.8 Å². The van der Waals surface area contributed by atoms with Crippen LogP contribution < -0.4 is 10.5 Å². The topological polar surface area (TPSA) is 55.5 Å². The second-order valence-corrected chi connectivity index (χ2v) is 3.91. The van der Waals surface area contributed by atoms with E-state index in [1.165, 1.54) is 0 Å². The van der Waals surface area contributed by atoms with Gasteiger partial charge in [0, 0.05) is 17.1 Å². The van der Waals surface area contributed by atoms with Crippen molar-refractivity contribution in [1.29, 1.82) is 0 Å². The highest BCUT2D eigenvalue weighted by atomic mass is 35.5. The molecule has 3 N–H and O–H groups in total. The number of aryl methyl sites for hydroxylation is 1. The first-order valence-corrected chi connectivity index (χ1v) is 5.12. The van der Waals surface area contributed by atoms with E-state index < -0.39 is 6.10 Å². The van der Waals surface area contributed by atoms with Crippen molar-refractivity contribution in [2.75, 3.05) is 13.7 Å². The molecular weight excluding hydrogens is 214 g/mol. The van der Waals surface area contributed by atoms with Crippen LogP contribution in [0.4, 0.5) is 0 Å². The standard InChI is InChI=1S/C11H16ClNO2/c1-6-4-8(12)10(9(14)5-13)7(2)11(6)15-3/h4,9,14H,5,13H2,1-3H3. The Morgan fingerprint density at radius 2 is 2.13 bits per heavy atom. The van der Waals surface area contributed by atoms with Crippen molar-refractivity contribution in [2.24, 2.45) is 5.73 Å². The molecule has 1 aromatic rings. The summed E-state index contributed by atoms with van der Waals surface area (Å²) in [6.07, 6.45) is -0.744. The van der Waals surface area contributed by atoms with Crippen LogP contribution in [0.5, 0.6) is 5.75 Å². The number of nitrogens with two attached hydrogens (primary N) is 1. The molecule has 0 fully saturated rings. The molecule has 0 radical (unpaired) electrons. The lowest BCUT2D eigenvalue weighted by atomic mass is 9.99. The minimum Gasteiger partial charge on any atom is -0.496 e. The summed E-state index contributed by atoms with van der Waals surface area (Å²) < 4.78 is 5.26. The van der Waals surface area contributed by atoms with Crippen LogP contribution >= 0.6 is 11.6 Å². The zero-order valence-electron chi connectivity index (χ0n) is 9.17. The number of aliphatic hydroxyl groups is 1. The van der Waals surface area contributed by atoms with Crippen LogP contribution in [0, 0.1) is 13.8 Å². The van der Waals surface area contributed by atoms with Crippen LogP contribution in [0.2, 0.25) is 5.02 Å². The summed E-state index contributed by atoms with van der Waals surface area (Å²) in [6.45, 7) is 3.93. The highest BCUT2D eigenvalue weighted by Gasteiger charge is 2.17. The van der Waals surface area contributed by atoms with E-state index >= 15 is 0 Å². The van der Waals surface area contributed by atoms with Crippen LogP contribution in [0.15, 0.2) is 6.07 Å². The SMILES string of the molecule is COc1c(C)cc(Cl)c(C(O)CN)c1C. The third-order valence-corrected chi connectivity index (χ3v) is 2.78. The number of rotatable bonds is 3. The Kier molecular flexibility index (Phi) is 3.97. The fourth-order valence-electron chi connectivity index (χ4n) is 1.77. The lowest BCUT2D eigenvalue weighted by Gasteiger charge is -2.18. The lowest BCUT2D eigenvalue weighted by Crippen LogP contribution is -2.14. The van der Waals surface area contributed by atoms with Gasteiger partial charge >= 0.3 is 0 Å². The average molecular weight is 230 g/mol. The predicted molar refractivity (Wildman–Crippen MR) is 61.5 cm³/mol. The normalized spacial score (nSPS) is 12.7. The molecule has 1 rings (SSSR count). The number of ether oxygens (including phenoxy) is 1. The summed E-state index contributed by atoms with van der Waals surface area (Å²) >= 11 is 6.07. The Labute approximate surface area is 94.8 Å². The van der Waals surface area contributed by atoms with Crippen molar-refractivity contribution in [1.82, 2.24) is 0 Å². The molecule has 0 spiro atoms. The molecule has 0 saturated carbocycles. The Hall–Kier alpha value is -0.770. The fraction of sp³-hybridized carbons (Fsp3) is 0.455. The van der Waals surface area contributed by atoms with Gasteiger partial charge < -0.3 is 15.6 Å². The van der Waals surface area contributed by atoms with Crippen molar-refractivity contribution >= 4 is 11.6 Å². The van der Waals surface area contributed by atoms with Gasteiger partial charge in [0.2, 0.25) is 0 Å². The number of aliphatic hydroxyl groups excluding tert-OH is 1. The summed E-state index contributed by atoms with van der Waals surface area (Å²) in [5.74, 6) is 0.752. The molecule has 4 heteroatoms. The van der Waals surface area contributed by atoms with E-state index in [0.717, 1.165) is 16.9 Å². The summed E-state index contributed by atoms with van der Waals surface area (Å²) in [7, 11) is 1.60. The highest BCUT2D eigenvalue weighted by molar-refractivity contribution is 6.31. The van der Waals surface area contributed by atoms with E-state index in [9.17, 15) is 5.11 Å². The van der Waals surface area contributed by atoms with Gasteiger partial charge in [-0.2, -0.15) is 0 Å². The molecule has 15 heavy (non-hydrogen) atoms. The van der Waals surface area contributed by atoms with Crippen LogP contribution in [0.1, 0.15) is 22.8 Å². The number of hydrogen-bond donors (Lipinski definition) is 2. The maximum Gasteiger partial charge on any atom is 0.125 e. The van der Waals surface area contributed by atoms with E-state index in [1.54, 1.807) is 13.2 Å². The van der Waals surface area contributed by atoms with Gasteiger partial charge in [-0.05, 0) is 31.0 Å². The Morgan fingerprint density at radius 3 is 2.60 bits per heavy atom. The van der Waals surface area contributed by atoms with Crippen LogP contribution in [-0.4, -0.2) is 18.8 Å². The first-order chi connectivity index (χ1) is 7.02. The van der Waals surface area contributed by atoms with Gasteiger partial charge in [0.25, 0.3) is 0 Å². The summed E-state index contributed by atoms with van der Waals surface area (Å²) in [5.41, 5.74) is 7.88. The van der Waals surface area contributed by atoms with Crippen molar-refractivity contribution < 1.29 is 9.84 Å². The quantitative estimate of drug-likeness (QED) is 0.833. The monoisotopic (exact) mass is 229 g/mol. The minimum atomic E-state index is -0.744. The molecule has 1 atom stereocenters. The first kappa shape index (κ1) is 12.3. The number of halogens is 1. The molecular formula is C11H16ClNO2. The second-order valence-electron chi connectivity index (χ2n) is 3.50. The van der Waals surface area contributed by atoms with Crippen LogP contribution in [0.25, 0.3) is 0 Å². The third-order valence-electron chi connectivity index (χ3n) is 2.46. The van der Waals surface area contributed by atoms with Gasteiger partial charge in [0.05, 0.1) is 13.2 Å². The molecule has 3 nitrogen and oxygen atoms in total. The Bertz CT molecular complexity index is 366. The molecule has 0 heterocycles. The maximum atomic E-state index is 9.74. The molecule has 0 aromatic heterocycles. The lowest BCUT2D eigenvalue weighted by molar-refractivity contribution is 0.185. The van der Waals surface area contributed by atoms with Gasteiger partial charge in [-0.1, -0.05) is 11.6 Å². The van der Waals surface area contributed by atoms with Crippen molar-refractivity contribution in [2.45, 2.75) is 20.0 Å². The van der Waals surface area contributed by atoms with Crippen LogP contribution in [0.3, 0.4) is 0 Å². The highest BCUT2D eigenvalue weighted by Crippen LogP contribution is 2.35. The number of methoxy groups -OCH3 is 1. The summed E-state index contributed by atoms with van der Waals surface area (Å²) in [5, 5.41) is 10.3. The zero-order chi connectivity index (χ0) is 11.6.